The van der Waals surface area contributed by atoms with Crippen LogP contribution in [-0.2, 0) is 9.53 Å². The molecule has 22 heavy (non-hydrogen) atoms. The van der Waals surface area contributed by atoms with Crippen molar-refractivity contribution in [1.29, 1.82) is 0 Å². The molecule has 1 aromatic carbocycles. The first-order valence-corrected chi connectivity index (χ1v) is 7.08. The summed E-state index contributed by atoms with van der Waals surface area (Å²) < 4.78 is 19.2. The van der Waals surface area contributed by atoms with Crippen LogP contribution in [0, 0.1) is 11.7 Å². The average Bonchev–Trinajstić information content (AvgIpc) is 2.48. The van der Waals surface area contributed by atoms with Gasteiger partial charge in [-0.2, -0.15) is 0 Å². The molecule has 3 aliphatic heterocycles. The molecule has 0 aromatic heterocycles. The Morgan fingerprint density at radius 3 is 2.45 bits per heavy atom. The third-order valence-electron chi connectivity index (χ3n) is 4.36. The van der Waals surface area contributed by atoms with Crippen LogP contribution in [0.3, 0.4) is 0 Å². The molecule has 3 heterocycles. The molecule has 0 saturated carbocycles. The first kappa shape index (κ1) is 19.2. The number of fused-ring (bicyclic) bond motifs is 3. The number of carbonyl (C=O) groups excluding carboxylic acids is 1. The first-order valence-electron chi connectivity index (χ1n) is 7.08. The Labute approximate surface area is 142 Å². The number of hydrogen-bond donors (Lipinski definition) is 1. The molecule has 0 radical (unpaired) electrons. The Morgan fingerprint density at radius 1 is 1.27 bits per heavy atom. The van der Waals surface area contributed by atoms with E-state index in [2.05, 4.69) is 4.90 Å². The Bertz CT molecular complexity index is 510. The fraction of sp³-hybridized carbons (Fsp3) is 0.533. The van der Waals surface area contributed by atoms with Gasteiger partial charge in [0, 0.05) is 12.1 Å². The number of carbonyl (C=O) groups is 1. The maximum Gasteiger partial charge on any atom is 0.328 e. The minimum atomic E-state index is -1.05. The molecule has 3 saturated heterocycles. The number of ether oxygens (including phenoxy) is 1. The zero-order chi connectivity index (χ0) is 14.1. The highest BCUT2D eigenvalue weighted by Gasteiger charge is 2.37. The number of nitrogens with zero attached hydrogens (tertiary/aromatic N) is 1. The van der Waals surface area contributed by atoms with Crippen LogP contribution in [0.5, 0.6) is 0 Å². The molecule has 0 aliphatic carbocycles. The smallest absolute Gasteiger partial charge is 0.328 e. The SMILES string of the molecule is Cl.Cl.NC(C(=O)O[C@H]1CN2CCC1CC2)c1ccccc1F. The van der Waals surface area contributed by atoms with Gasteiger partial charge in [-0.05, 0) is 37.9 Å². The van der Waals surface area contributed by atoms with Gasteiger partial charge in [0.15, 0.2) is 0 Å². The summed E-state index contributed by atoms with van der Waals surface area (Å²) in [6.45, 7) is 2.94. The van der Waals surface area contributed by atoms with E-state index in [4.69, 9.17) is 10.5 Å². The molecule has 4 rings (SSSR count). The highest BCUT2D eigenvalue weighted by molar-refractivity contribution is 5.85. The van der Waals surface area contributed by atoms with Crippen molar-refractivity contribution >= 4 is 30.8 Å². The molecule has 7 heteroatoms. The van der Waals surface area contributed by atoms with Gasteiger partial charge < -0.3 is 10.5 Å². The second-order valence-electron chi connectivity index (χ2n) is 5.61. The molecule has 2 bridgehead atoms. The summed E-state index contributed by atoms with van der Waals surface area (Å²) in [6, 6.07) is 5.02. The van der Waals surface area contributed by atoms with E-state index in [1.54, 1.807) is 12.1 Å². The Kier molecular flexibility index (Phi) is 7.06. The summed E-state index contributed by atoms with van der Waals surface area (Å²) in [7, 11) is 0. The normalized spacial score (nSPS) is 27.3. The standard InChI is InChI=1S/C15H19FN2O2.2ClH/c16-12-4-2-1-3-11(12)14(17)15(19)20-13-9-18-7-5-10(13)6-8-18;;/h1-4,10,13-14H,5-9,17H2;2*1H/t13-,14?;;/m0../s1. The zero-order valence-electron chi connectivity index (χ0n) is 12.1. The number of rotatable bonds is 3. The molecule has 4 nitrogen and oxygen atoms in total. The van der Waals surface area contributed by atoms with Crippen LogP contribution in [0.25, 0.3) is 0 Å². The van der Waals surface area contributed by atoms with Crippen LogP contribution < -0.4 is 5.73 Å². The van der Waals surface area contributed by atoms with E-state index >= 15 is 0 Å². The van der Waals surface area contributed by atoms with Crippen LogP contribution in [0.1, 0.15) is 24.4 Å². The minimum Gasteiger partial charge on any atom is -0.459 e. The molecular formula is C15H21Cl2FN2O2. The van der Waals surface area contributed by atoms with Gasteiger partial charge in [-0.1, -0.05) is 18.2 Å². The first-order chi connectivity index (χ1) is 9.65. The van der Waals surface area contributed by atoms with Crippen LogP contribution in [0.2, 0.25) is 0 Å². The second kappa shape index (κ2) is 8.11. The molecule has 2 N–H and O–H groups in total. The molecule has 3 aliphatic rings. The van der Waals surface area contributed by atoms with Crippen molar-refractivity contribution in [2.24, 2.45) is 11.7 Å². The summed E-state index contributed by atoms with van der Waals surface area (Å²) in [5.74, 6) is -0.573. The molecule has 124 valence electrons. The maximum absolute atomic E-state index is 13.6. The highest BCUT2D eigenvalue weighted by Crippen LogP contribution is 2.30. The van der Waals surface area contributed by atoms with Gasteiger partial charge in [-0.25, -0.2) is 9.18 Å². The van der Waals surface area contributed by atoms with Crippen LogP contribution in [0.15, 0.2) is 24.3 Å². The fourth-order valence-corrected chi connectivity index (χ4v) is 3.12. The van der Waals surface area contributed by atoms with E-state index in [9.17, 15) is 9.18 Å². The van der Waals surface area contributed by atoms with Gasteiger partial charge in [0.25, 0.3) is 0 Å². The molecule has 1 aromatic rings. The van der Waals surface area contributed by atoms with E-state index in [1.165, 1.54) is 12.1 Å². The lowest BCUT2D eigenvalue weighted by molar-refractivity contribution is -0.160. The van der Waals surface area contributed by atoms with Crippen molar-refractivity contribution < 1.29 is 13.9 Å². The summed E-state index contributed by atoms with van der Waals surface area (Å²) in [5, 5.41) is 0. The van der Waals surface area contributed by atoms with E-state index in [-0.39, 0.29) is 36.5 Å². The minimum absolute atomic E-state index is 0. The number of piperidine rings is 3. The Balaban J connectivity index is 0.00000121. The van der Waals surface area contributed by atoms with E-state index in [0.717, 1.165) is 32.5 Å². The van der Waals surface area contributed by atoms with E-state index in [0.29, 0.717) is 5.92 Å². The average molecular weight is 351 g/mol. The molecule has 3 fully saturated rings. The van der Waals surface area contributed by atoms with Gasteiger partial charge in [0.2, 0.25) is 0 Å². The molecule has 2 atom stereocenters. The lowest BCUT2D eigenvalue weighted by Gasteiger charge is -2.44. The lowest BCUT2D eigenvalue weighted by Crippen LogP contribution is -2.52. The van der Waals surface area contributed by atoms with Gasteiger partial charge in [-0.3, -0.25) is 4.90 Å². The summed E-state index contributed by atoms with van der Waals surface area (Å²) >= 11 is 0. The van der Waals surface area contributed by atoms with Crippen LogP contribution in [0.4, 0.5) is 4.39 Å². The van der Waals surface area contributed by atoms with Crippen molar-refractivity contribution in [3.8, 4) is 0 Å². The van der Waals surface area contributed by atoms with Gasteiger partial charge >= 0.3 is 5.97 Å². The molecule has 0 amide bonds. The van der Waals surface area contributed by atoms with Crippen molar-refractivity contribution in [2.45, 2.75) is 25.0 Å². The summed E-state index contributed by atoms with van der Waals surface area (Å²) in [6.07, 6.45) is 2.03. The van der Waals surface area contributed by atoms with E-state index in [1.807, 2.05) is 0 Å². The van der Waals surface area contributed by atoms with Gasteiger partial charge in [0.1, 0.15) is 18.0 Å². The monoisotopic (exact) mass is 350 g/mol. The lowest BCUT2D eigenvalue weighted by atomic mass is 9.86. The number of nitrogens with two attached hydrogens (primary N) is 1. The predicted octanol–water partition coefficient (Wildman–Crippen LogP) is 2.31. The van der Waals surface area contributed by atoms with Crippen LogP contribution in [-0.4, -0.2) is 36.6 Å². The molecule has 0 spiro atoms. The Morgan fingerprint density at radius 2 is 1.91 bits per heavy atom. The van der Waals surface area contributed by atoms with Crippen molar-refractivity contribution in [2.75, 3.05) is 19.6 Å². The van der Waals surface area contributed by atoms with Crippen molar-refractivity contribution in [1.82, 2.24) is 4.90 Å². The largest absolute Gasteiger partial charge is 0.459 e. The molecule has 1 unspecified atom stereocenters. The molecular weight excluding hydrogens is 330 g/mol. The van der Waals surface area contributed by atoms with Gasteiger partial charge in [0.05, 0.1) is 0 Å². The fourth-order valence-electron chi connectivity index (χ4n) is 3.12. The third kappa shape index (κ3) is 3.90. The van der Waals surface area contributed by atoms with Crippen LogP contribution >= 0.6 is 24.8 Å². The number of esters is 1. The number of halogens is 3. The van der Waals surface area contributed by atoms with Gasteiger partial charge in [-0.15, -0.1) is 24.8 Å². The number of hydrogen-bond acceptors (Lipinski definition) is 4. The maximum atomic E-state index is 13.6. The third-order valence-corrected chi connectivity index (χ3v) is 4.36. The van der Waals surface area contributed by atoms with Crippen molar-refractivity contribution in [3.63, 3.8) is 0 Å². The Hall–Kier alpha value is -0.880. The highest BCUT2D eigenvalue weighted by atomic mass is 35.5. The zero-order valence-corrected chi connectivity index (χ0v) is 13.7. The predicted molar refractivity (Wildman–Crippen MR) is 86.9 cm³/mol. The summed E-state index contributed by atoms with van der Waals surface area (Å²) in [4.78, 5) is 14.4. The van der Waals surface area contributed by atoms with E-state index < -0.39 is 17.8 Å². The van der Waals surface area contributed by atoms with Crippen molar-refractivity contribution in [3.05, 3.63) is 35.6 Å². The number of benzene rings is 1. The second-order valence-corrected chi connectivity index (χ2v) is 5.61. The summed E-state index contributed by atoms with van der Waals surface area (Å²) in [5.41, 5.74) is 6.02. The quantitative estimate of drug-likeness (QED) is 0.850. The topological polar surface area (TPSA) is 55.6 Å².